The van der Waals surface area contributed by atoms with Gasteiger partial charge in [0.2, 0.25) is 5.91 Å². The number of hydrogen-bond donors (Lipinski definition) is 0. The largest absolute Gasteiger partial charge is 0.497 e. The molecule has 0 spiro atoms. The van der Waals surface area contributed by atoms with Crippen LogP contribution in [0.2, 0.25) is 0 Å². The van der Waals surface area contributed by atoms with Gasteiger partial charge in [0.05, 0.1) is 13.7 Å². The fraction of sp³-hybridized carbons (Fsp3) is 0.435. The van der Waals surface area contributed by atoms with Gasteiger partial charge in [0.1, 0.15) is 11.6 Å². The number of amides is 1. The van der Waals surface area contributed by atoms with Crippen molar-refractivity contribution in [1.82, 2.24) is 9.80 Å². The molecule has 0 saturated carbocycles. The van der Waals surface area contributed by atoms with Crippen molar-refractivity contribution < 1.29 is 13.9 Å². The topological polar surface area (TPSA) is 32.8 Å². The molecule has 1 aliphatic rings. The highest BCUT2D eigenvalue weighted by molar-refractivity contribution is 5.78. The van der Waals surface area contributed by atoms with Crippen LogP contribution in [0.1, 0.15) is 24.0 Å². The number of likely N-dealkylation sites (N-methyl/N-ethyl adjacent to an activating group) is 1. The van der Waals surface area contributed by atoms with Crippen molar-refractivity contribution in [2.45, 2.75) is 25.8 Å². The molecule has 0 radical (unpaired) electrons. The second-order valence-corrected chi connectivity index (χ2v) is 7.65. The summed E-state index contributed by atoms with van der Waals surface area (Å²) < 4.78 is 18.3. The Balaban J connectivity index is 1.43. The average molecular weight is 384 g/mol. The zero-order valence-electron chi connectivity index (χ0n) is 16.7. The van der Waals surface area contributed by atoms with Crippen LogP contribution in [0.4, 0.5) is 4.39 Å². The van der Waals surface area contributed by atoms with Crippen LogP contribution < -0.4 is 4.74 Å². The number of hydrogen-bond acceptors (Lipinski definition) is 3. The Morgan fingerprint density at radius 2 is 1.86 bits per heavy atom. The van der Waals surface area contributed by atoms with Crippen LogP contribution in [0, 0.1) is 11.7 Å². The quantitative estimate of drug-likeness (QED) is 0.729. The summed E-state index contributed by atoms with van der Waals surface area (Å²) in [6.07, 6.45) is 3.13. The molecule has 1 aliphatic heterocycles. The second-order valence-electron chi connectivity index (χ2n) is 7.65. The Labute approximate surface area is 166 Å². The number of carbonyl (C=O) groups excluding carboxylic acids is 1. The molecule has 0 aromatic heterocycles. The normalized spacial score (nSPS) is 15.4. The third-order valence-electron chi connectivity index (χ3n) is 5.48. The summed E-state index contributed by atoms with van der Waals surface area (Å²) in [5.41, 5.74) is 2.25. The van der Waals surface area contributed by atoms with Gasteiger partial charge in [0.25, 0.3) is 0 Å². The van der Waals surface area contributed by atoms with Crippen LogP contribution in [0.3, 0.4) is 0 Å². The number of likely N-dealkylation sites (tertiary alicyclic amines) is 1. The lowest BCUT2D eigenvalue weighted by atomic mass is 9.90. The monoisotopic (exact) mass is 384 g/mol. The van der Waals surface area contributed by atoms with E-state index < -0.39 is 0 Å². The highest BCUT2D eigenvalue weighted by atomic mass is 19.1. The van der Waals surface area contributed by atoms with Crippen LogP contribution >= 0.6 is 0 Å². The van der Waals surface area contributed by atoms with E-state index in [9.17, 15) is 9.18 Å². The zero-order valence-corrected chi connectivity index (χ0v) is 16.7. The SMILES string of the molecule is COc1cccc(CN(C)C(=O)CN2CCC(Cc3ccc(F)cc3)CC2)c1. The minimum Gasteiger partial charge on any atom is -0.497 e. The van der Waals surface area contributed by atoms with E-state index in [1.807, 2.05) is 43.4 Å². The van der Waals surface area contributed by atoms with Crippen molar-refractivity contribution in [2.75, 3.05) is 33.8 Å². The van der Waals surface area contributed by atoms with Crippen molar-refractivity contribution in [3.05, 3.63) is 65.5 Å². The van der Waals surface area contributed by atoms with Gasteiger partial charge in [0, 0.05) is 13.6 Å². The number of methoxy groups -OCH3 is 1. The van der Waals surface area contributed by atoms with Crippen LogP contribution in [0.5, 0.6) is 5.75 Å². The number of benzene rings is 2. The maximum atomic E-state index is 13.0. The standard InChI is InChI=1S/C23H29FN2O2/c1-25(16-20-4-3-5-22(15-20)28-2)23(27)17-26-12-10-19(11-13-26)14-18-6-8-21(24)9-7-18/h3-9,15,19H,10-14,16-17H2,1-2H3. The van der Waals surface area contributed by atoms with Gasteiger partial charge < -0.3 is 9.64 Å². The first-order chi connectivity index (χ1) is 13.5. The summed E-state index contributed by atoms with van der Waals surface area (Å²) >= 11 is 0. The van der Waals surface area contributed by atoms with Gasteiger partial charge in [0.15, 0.2) is 0 Å². The Bertz CT molecular complexity index is 770. The molecule has 2 aromatic carbocycles. The lowest BCUT2D eigenvalue weighted by Gasteiger charge is -2.32. The first-order valence-electron chi connectivity index (χ1n) is 9.87. The van der Waals surface area contributed by atoms with E-state index in [1.54, 1.807) is 12.0 Å². The van der Waals surface area contributed by atoms with E-state index in [4.69, 9.17) is 4.74 Å². The number of halogens is 1. The number of nitrogens with zero attached hydrogens (tertiary/aromatic N) is 2. The van der Waals surface area contributed by atoms with E-state index in [1.165, 1.54) is 17.7 Å². The second kappa shape index (κ2) is 9.69. The van der Waals surface area contributed by atoms with Crippen LogP contribution in [-0.4, -0.2) is 49.5 Å². The fourth-order valence-corrected chi connectivity index (χ4v) is 3.75. The molecule has 2 aromatic rings. The summed E-state index contributed by atoms with van der Waals surface area (Å²) in [6, 6.07) is 14.6. The van der Waals surface area contributed by atoms with Gasteiger partial charge in [-0.1, -0.05) is 24.3 Å². The molecular formula is C23H29FN2O2. The van der Waals surface area contributed by atoms with Gasteiger partial charge >= 0.3 is 0 Å². The predicted octanol–water partition coefficient (Wildman–Crippen LogP) is 3.75. The molecule has 5 heteroatoms. The molecule has 1 saturated heterocycles. The Morgan fingerprint density at radius 3 is 2.54 bits per heavy atom. The van der Waals surface area contributed by atoms with Crippen molar-refractivity contribution in [2.24, 2.45) is 5.92 Å². The highest BCUT2D eigenvalue weighted by Gasteiger charge is 2.22. The summed E-state index contributed by atoms with van der Waals surface area (Å²) in [5.74, 6) is 1.36. The number of rotatable bonds is 7. The van der Waals surface area contributed by atoms with Gasteiger partial charge in [-0.2, -0.15) is 0 Å². The van der Waals surface area contributed by atoms with Gasteiger partial charge in [-0.25, -0.2) is 4.39 Å². The maximum absolute atomic E-state index is 13.0. The number of ether oxygens (including phenoxy) is 1. The molecule has 0 N–H and O–H groups in total. The zero-order chi connectivity index (χ0) is 19.9. The minimum absolute atomic E-state index is 0.139. The fourth-order valence-electron chi connectivity index (χ4n) is 3.75. The van der Waals surface area contributed by atoms with E-state index in [2.05, 4.69) is 4.90 Å². The van der Waals surface area contributed by atoms with E-state index in [0.717, 1.165) is 43.7 Å². The van der Waals surface area contributed by atoms with Crippen LogP contribution in [-0.2, 0) is 17.8 Å². The van der Waals surface area contributed by atoms with Crippen molar-refractivity contribution in [1.29, 1.82) is 0 Å². The first kappa shape index (κ1) is 20.3. The minimum atomic E-state index is -0.185. The van der Waals surface area contributed by atoms with Gasteiger partial charge in [-0.05, 0) is 73.7 Å². The number of carbonyl (C=O) groups is 1. The summed E-state index contributed by atoms with van der Waals surface area (Å²) in [5, 5.41) is 0. The van der Waals surface area contributed by atoms with Gasteiger partial charge in [-0.15, -0.1) is 0 Å². The molecule has 1 amide bonds. The number of piperidine rings is 1. The average Bonchev–Trinajstić information content (AvgIpc) is 2.71. The predicted molar refractivity (Wildman–Crippen MR) is 109 cm³/mol. The van der Waals surface area contributed by atoms with Crippen molar-refractivity contribution >= 4 is 5.91 Å². The molecule has 0 atom stereocenters. The molecule has 150 valence electrons. The molecule has 28 heavy (non-hydrogen) atoms. The van der Waals surface area contributed by atoms with E-state index >= 15 is 0 Å². The maximum Gasteiger partial charge on any atom is 0.236 e. The smallest absolute Gasteiger partial charge is 0.236 e. The molecule has 0 aliphatic carbocycles. The lowest BCUT2D eigenvalue weighted by Crippen LogP contribution is -2.42. The van der Waals surface area contributed by atoms with Crippen LogP contribution in [0.25, 0.3) is 0 Å². The molecule has 0 unspecified atom stereocenters. The molecule has 3 rings (SSSR count). The van der Waals surface area contributed by atoms with E-state index in [0.29, 0.717) is 19.0 Å². The molecule has 1 fully saturated rings. The Hall–Kier alpha value is -2.40. The first-order valence-corrected chi connectivity index (χ1v) is 9.87. The Morgan fingerprint density at radius 1 is 1.14 bits per heavy atom. The molecule has 0 bridgehead atoms. The van der Waals surface area contributed by atoms with Crippen molar-refractivity contribution in [3.63, 3.8) is 0 Å². The van der Waals surface area contributed by atoms with E-state index in [-0.39, 0.29) is 11.7 Å². The van der Waals surface area contributed by atoms with Crippen LogP contribution in [0.15, 0.2) is 48.5 Å². The van der Waals surface area contributed by atoms with Crippen molar-refractivity contribution in [3.8, 4) is 5.75 Å². The highest BCUT2D eigenvalue weighted by Crippen LogP contribution is 2.22. The third kappa shape index (κ3) is 5.80. The summed E-state index contributed by atoms with van der Waals surface area (Å²) in [4.78, 5) is 16.6. The van der Waals surface area contributed by atoms with Gasteiger partial charge in [-0.3, -0.25) is 9.69 Å². The molecule has 4 nitrogen and oxygen atoms in total. The molecular weight excluding hydrogens is 355 g/mol. The third-order valence-corrected chi connectivity index (χ3v) is 5.48. The summed E-state index contributed by atoms with van der Waals surface area (Å²) in [6.45, 7) is 2.91. The summed E-state index contributed by atoms with van der Waals surface area (Å²) in [7, 11) is 3.50. The Kier molecular flexibility index (Phi) is 7.04. The molecule has 1 heterocycles. The lowest BCUT2D eigenvalue weighted by molar-refractivity contribution is -0.132.